The molecular formula is C13H14N2O3S. The molecule has 0 saturated carbocycles. The Kier molecular flexibility index (Phi) is 4.11. The topological polar surface area (TPSA) is 79.3 Å². The summed E-state index contributed by atoms with van der Waals surface area (Å²) in [7, 11) is 0. The number of nitrogens with one attached hydrogen (secondary N) is 1. The number of aromatic nitrogens is 1. The average Bonchev–Trinajstić information content (AvgIpc) is 2.85. The lowest BCUT2D eigenvalue weighted by molar-refractivity contribution is -0.139. The molecule has 1 amide bonds. The molecule has 1 atom stereocenters. The second-order valence-electron chi connectivity index (χ2n) is 4.19. The van der Waals surface area contributed by atoms with Crippen molar-refractivity contribution in [3.05, 3.63) is 29.3 Å². The molecule has 1 unspecified atom stereocenters. The number of hydrogen-bond donors (Lipinski definition) is 2. The number of fused-ring (bicyclic) bond motifs is 1. The highest BCUT2D eigenvalue weighted by molar-refractivity contribution is 7.16. The fourth-order valence-electron chi connectivity index (χ4n) is 1.78. The molecule has 5 nitrogen and oxygen atoms in total. The third-order valence-electron chi connectivity index (χ3n) is 2.77. The van der Waals surface area contributed by atoms with Crippen LogP contribution < -0.4 is 5.32 Å². The molecule has 2 N–H and O–H groups in total. The summed E-state index contributed by atoms with van der Waals surface area (Å²) in [6, 6.07) is 4.31. The van der Waals surface area contributed by atoms with E-state index in [1.54, 1.807) is 23.7 Å². The van der Waals surface area contributed by atoms with Gasteiger partial charge in [0.15, 0.2) is 0 Å². The molecule has 100 valence electrons. The van der Waals surface area contributed by atoms with Crippen molar-refractivity contribution in [1.29, 1.82) is 0 Å². The maximum atomic E-state index is 12.0. The van der Waals surface area contributed by atoms with Crippen molar-refractivity contribution in [2.24, 2.45) is 0 Å². The molecule has 0 saturated heterocycles. The Hall–Kier alpha value is -1.95. The van der Waals surface area contributed by atoms with Crippen LogP contribution in [-0.2, 0) is 4.79 Å². The van der Waals surface area contributed by atoms with E-state index >= 15 is 0 Å². The Morgan fingerprint density at radius 3 is 2.95 bits per heavy atom. The molecule has 0 bridgehead atoms. The van der Waals surface area contributed by atoms with Gasteiger partial charge in [0.1, 0.15) is 6.04 Å². The maximum absolute atomic E-state index is 12.0. The van der Waals surface area contributed by atoms with Gasteiger partial charge in [-0.05, 0) is 24.6 Å². The van der Waals surface area contributed by atoms with Crippen molar-refractivity contribution in [1.82, 2.24) is 10.3 Å². The van der Waals surface area contributed by atoms with E-state index in [4.69, 9.17) is 5.11 Å². The van der Waals surface area contributed by atoms with Crippen LogP contribution in [0, 0.1) is 0 Å². The van der Waals surface area contributed by atoms with E-state index in [1.165, 1.54) is 11.3 Å². The summed E-state index contributed by atoms with van der Waals surface area (Å²) in [6.45, 7) is 1.88. The first-order valence-corrected chi connectivity index (χ1v) is 6.86. The van der Waals surface area contributed by atoms with E-state index in [1.807, 2.05) is 6.92 Å². The van der Waals surface area contributed by atoms with Gasteiger partial charge in [-0.25, -0.2) is 9.78 Å². The molecule has 1 aromatic heterocycles. The van der Waals surface area contributed by atoms with Crippen molar-refractivity contribution in [3.8, 4) is 0 Å². The lowest BCUT2D eigenvalue weighted by Crippen LogP contribution is -2.40. The first-order valence-electron chi connectivity index (χ1n) is 5.98. The van der Waals surface area contributed by atoms with Crippen molar-refractivity contribution in [2.45, 2.75) is 25.8 Å². The van der Waals surface area contributed by atoms with Crippen molar-refractivity contribution >= 4 is 33.4 Å². The highest BCUT2D eigenvalue weighted by Gasteiger charge is 2.19. The Labute approximate surface area is 114 Å². The molecule has 2 rings (SSSR count). The van der Waals surface area contributed by atoms with Gasteiger partial charge >= 0.3 is 5.97 Å². The smallest absolute Gasteiger partial charge is 0.326 e. The Morgan fingerprint density at radius 1 is 1.47 bits per heavy atom. The molecule has 19 heavy (non-hydrogen) atoms. The Bertz CT molecular complexity index is 609. The maximum Gasteiger partial charge on any atom is 0.326 e. The summed E-state index contributed by atoms with van der Waals surface area (Å²) in [5.74, 6) is -1.37. The van der Waals surface area contributed by atoms with Crippen LogP contribution in [0.2, 0.25) is 0 Å². The predicted molar refractivity (Wildman–Crippen MR) is 73.4 cm³/mol. The zero-order valence-corrected chi connectivity index (χ0v) is 11.2. The van der Waals surface area contributed by atoms with E-state index < -0.39 is 12.0 Å². The highest BCUT2D eigenvalue weighted by Crippen LogP contribution is 2.19. The van der Waals surface area contributed by atoms with Crippen LogP contribution >= 0.6 is 11.3 Å². The standard InChI is InChI=1S/C13H14N2O3S/c1-2-3-10(13(17)18)15-12(16)8-4-5-9-11(6-8)19-7-14-9/h4-7,10H,2-3H2,1H3,(H,15,16)(H,17,18). The molecule has 6 heteroatoms. The zero-order chi connectivity index (χ0) is 13.8. The summed E-state index contributed by atoms with van der Waals surface area (Å²) < 4.78 is 0.912. The number of rotatable bonds is 5. The number of benzene rings is 1. The summed E-state index contributed by atoms with van der Waals surface area (Å²) in [5, 5.41) is 11.6. The molecule has 0 spiro atoms. The number of amides is 1. The van der Waals surface area contributed by atoms with Crippen LogP contribution in [0.25, 0.3) is 10.2 Å². The van der Waals surface area contributed by atoms with Gasteiger partial charge in [0.05, 0.1) is 15.7 Å². The van der Waals surface area contributed by atoms with Gasteiger partial charge < -0.3 is 10.4 Å². The quantitative estimate of drug-likeness (QED) is 0.879. The van der Waals surface area contributed by atoms with Gasteiger partial charge in [-0.15, -0.1) is 11.3 Å². The molecule has 1 heterocycles. The van der Waals surface area contributed by atoms with Gasteiger partial charge in [-0.1, -0.05) is 13.3 Å². The van der Waals surface area contributed by atoms with E-state index in [-0.39, 0.29) is 5.91 Å². The summed E-state index contributed by atoms with van der Waals surface area (Å²) in [5.41, 5.74) is 3.01. The van der Waals surface area contributed by atoms with Crippen LogP contribution in [0.1, 0.15) is 30.1 Å². The lowest BCUT2D eigenvalue weighted by Gasteiger charge is -2.13. The third-order valence-corrected chi connectivity index (χ3v) is 3.57. The Morgan fingerprint density at radius 2 is 2.26 bits per heavy atom. The molecule has 0 radical (unpaired) electrons. The number of carbonyl (C=O) groups is 2. The minimum absolute atomic E-state index is 0.365. The minimum atomic E-state index is -1.01. The van der Waals surface area contributed by atoms with E-state index in [2.05, 4.69) is 10.3 Å². The third kappa shape index (κ3) is 3.08. The van der Waals surface area contributed by atoms with E-state index in [9.17, 15) is 9.59 Å². The van der Waals surface area contributed by atoms with E-state index in [0.29, 0.717) is 18.4 Å². The van der Waals surface area contributed by atoms with Crippen LogP contribution in [-0.4, -0.2) is 28.0 Å². The number of carboxylic acids is 1. The molecule has 0 aliphatic heterocycles. The summed E-state index contributed by atoms with van der Waals surface area (Å²) in [6.07, 6.45) is 1.12. The SMILES string of the molecule is CCCC(NC(=O)c1ccc2ncsc2c1)C(=O)O. The molecule has 0 aliphatic rings. The molecule has 0 aliphatic carbocycles. The first-order chi connectivity index (χ1) is 9.11. The second-order valence-corrected chi connectivity index (χ2v) is 5.07. The summed E-state index contributed by atoms with van der Waals surface area (Å²) >= 11 is 1.45. The van der Waals surface area contributed by atoms with Crippen LogP contribution in [0.5, 0.6) is 0 Å². The number of carboxylic acid groups (broad SMARTS) is 1. The minimum Gasteiger partial charge on any atom is -0.480 e. The van der Waals surface area contributed by atoms with Crippen molar-refractivity contribution in [2.75, 3.05) is 0 Å². The average molecular weight is 278 g/mol. The highest BCUT2D eigenvalue weighted by atomic mass is 32.1. The summed E-state index contributed by atoms with van der Waals surface area (Å²) in [4.78, 5) is 27.1. The van der Waals surface area contributed by atoms with Crippen molar-refractivity contribution < 1.29 is 14.7 Å². The van der Waals surface area contributed by atoms with Crippen molar-refractivity contribution in [3.63, 3.8) is 0 Å². The van der Waals surface area contributed by atoms with Gasteiger partial charge in [0, 0.05) is 5.56 Å². The van der Waals surface area contributed by atoms with Crippen LogP contribution in [0.15, 0.2) is 23.7 Å². The fraction of sp³-hybridized carbons (Fsp3) is 0.308. The predicted octanol–water partition coefficient (Wildman–Crippen LogP) is 2.28. The van der Waals surface area contributed by atoms with E-state index in [0.717, 1.165) is 10.2 Å². The lowest BCUT2D eigenvalue weighted by atomic mass is 10.1. The molecule has 2 aromatic rings. The van der Waals surface area contributed by atoms with Gasteiger partial charge in [-0.2, -0.15) is 0 Å². The zero-order valence-electron chi connectivity index (χ0n) is 10.4. The largest absolute Gasteiger partial charge is 0.480 e. The number of hydrogen-bond acceptors (Lipinski definition) is 4. The molecule has 1 aromatic carbocycles. The first kappa shape index (κ1) is 13.5. The molecular weight excluding hydrogens is 264 g/mol. The van der Waals surface area contributed by atoms with Crippen LogP contribution in [0.3, 0.4) is 0 Å². The van der Waals surface area contributed by atoms with Crippen LogP contribution in [0.4, 0.5) is 0 Å². The van der Waals surface area contributed by atoms with Gasteiger partial charge in [0.2, 0.25) is 0 Å². The van der Waals surface area contributed by atoms with Gasteiger partial charge in [0.25, 0.3) is 5.91 Å². The monoisotopic (exact) mass is 278 g/mol. The number of aliphatic carboxylic acids is 1. The number of carbonyl (C=O) groups excluding carboxylic acids is 1. The van der Waals surface area contributed by atoms with Gasteiger partial charge in [-0.3, -0.25) is 4.79 Å². The number of nitrogens with zero attached hydrogens (tertiary/aromatic N) is 1. The number of thiazole rings is 1. The second kappa shape index (κ2) is 5.79. The fourth-order valence-corrected chi connectivity index (χ4v) is 2.50. The molecule has 0 fully saturated rings. The Balaban J connectivity index is 2.16. The normalized spacial score (nSPS) is 12.3.